The minimum absolute atomic E-state index is 0.192. The Labute approximate surface area is 166 Å². The molecule has 0 saturated carbocycles. The number of amides is 1. The van der Waals surface area contributed by atoms with Gasteiger partial charge in [0, 0.05) is 22.1 Å². The van der Waals surface area contributed by atoms with Crippen LogP contribution in [-0.2, 0) is 4.74 Å². The molecule has 138 valence electrons. The number of benzene rings is 2. The number of hydrogen-bond donors (Lipinski definition) is 1. The summed E-state index contributed by atoms with van der Waals surface area (Å²) in [6, 6.07) is 15.3. The van der Waals surface area contributed by atoms with Crippen molar-refractivity contribution < 1.29 is 13.9 Å². The van der Waals surface area contributed by atoms with Crippen LogP contribution in [0.15, 0.2) is 69.1 Å². The first kappa shape index (κ1) is 18.1. The van der Waals surface area contributed by atoms with E-state index in [-0.39, 0.29) is 17.7 Å². The molecule has 1 unspecified atom stereocenters. The van der Waals surface area contributed by atoms with E-state index < -0.39 is 0 Å². The third-order valence-electron chi connectivity index (χ3n) is 4.21. The fourth-order valence-corrected chi connectivity index (χ4v) is 3.98. The second-order valence-electron chi connectivity index (χ2n) is 6.08. The van der Waals surface area contributed by atoms with E-state index in [1.54, 1.807) is 11.8 Å². The molecule has 3 aromatic rings. The molecule has 1 atom stereocenters. The number of nitrogens with one attached hydrogen (secondary N) is 1. The molecule has 27 heavy (non-hydrogen) atoms. The molecule has 2 aromatic carbocycles. The highest BCUT2D eigenvalue weighted by molar-refractivity contribution is 7.99. The molecular weight excluding hydrogens is 384 g/mol. The molecule has 1 fully saturated rings. The van der Waals surface area contributed by atoms with Crippen LogP contribution in [0, 0.1) is 0 Å². The maximum absolute atomic E-state index is 12.6. The van der Waals surface area contributed by atoms with Crippen molar-refractivity contribution in [1.29, 1.82) is 0 Å². The Morgan fingerprint density at radius 3 is 2.74 bits per heavy atom. The van der Waals surface area contributed by atoms with E-state index in [0.29, 0.717) is 23.1 Å². The molecule has 1 aliphatic heterocycles. The molecule has 2 heterocycles. The Kier molecular flexibility index (Phi) is 5.48. The summed E-state index contributed by atoms with van der Waals surface area (Å²) in [5.41, 5.74) is 0.959. The van der Waals surface area contributed by atoms with E-state index in [0.717, 1.165) is 22.6 Å². The standard InChI is InChI=1S/C20H17ClN2O3S/c21-15-4-1-2-6-17(15)27-14-9-7-13(8-10-14)23-20(24)18-19(26-12-22-18)16-5-3-11-25-16/h1-2,4,6-10,12,16H,3,5,11H2,(H,23,24). The lowest BCUT2D eigenvalue weighted by atomic mass is 10.1. The number of oxazole rings is 1. The number of carbonyl (C=O) groups is 1. The molecule has 0 bridgehead atoms. The lowest BCUT2D eigenvalue weighted by molar-refractivity contribution is 0.0889. The molecule has 1 aliphatic rings. The number of carbonyl (C=O) groups excluding carboxylic acids is 1. The summed E-state index contributed by atoms with van der Waals surface area (Å²) in [4.78, 5) is 18.6. The Hall–Kier alpha value is -2.28. The van der Waals surface area contributed by atoms with Crippen molar-refractivity contribution >= 4 is 35.0 Å². The van der Waals surface area contributed by atoms with Gasteiger partial charge >= 0.3 is 0 Å². The molecule has 0 spiro atoms. The third-order valence-corrected chi connectivity index (χ3v) is 5.73. The highest BCUT2D eigenvalue weighted by Crippen LogP contribution is 2.34. The zero-order chi connectivity index (χ0) is 18.6. The number of rotatable bonds is 5. The normalized spacial score (nSPS) is 16.4. The third kappa shape index (κ3) is 4.18. The molecule has 1 saturated heterocycles. The smallest absolute Gasteiger partial charge is 0.278 e. The second-order valence-corrected chi connectivity index (χ2v) is 7.60. The van der Waals surface area contributed by atoms with Crippen LogP contribution in [0.1, 0.15) is 35.2 Å². The average Bonchev–Trinajstić information content (AvgIpc) is 3.36. The molecule has 0 radical (unpaired) electrons. The van der Waals surface area contributed by atoms with Crippen LogP contribution < -0.4 is 5.32 Å². The van der Waals surface area contributed by atoms with Gasteiger partial charge in [-0.25, -0.2) is 4.98 Å². The highest BCUT2D eigenvalue weighted by atomic mass is 35.5. The summed E-state index contributed by atoms with van der Waals surface area (Å²) in [6.45, 7) is 0.678. The maximum Gasteiger partial charge on any atom is 0.278 e. The Morgan fingerprint density at radius 1 is 1.19 bits per heavy atom. The van der Waals surface area contributed by atoms with E-state index in [1.165, 1.54) is 6.39 Å². The van der Waals surface area contributed by atoms with E-state index in [1.807, 2.05) is 48.5 Å². The lowest BCUT2D eigenvalue weighted by Crippen LogP contribution is -2.15. The Bertz CT molecular complexity index is 936. The van der Waals surface area contributed by atoms with Crippen LogP contribution in [0.4, 0.5) is 5.69 Å². The second kappa shape index (κ2) is 8.17. The fourth-order valence-electron chi connectivity index (χ4n) is 2.89. The molecular formula is C20H17ClN2O3S. The number of halogens is 1. The highest BCUT2D eigenvalue weighted by Gasteiger charge is 2.28. The summed E-state index contributed by atoms with van der Waals surface area (Å²) >= 11 is 7.77. The summed E-state index contributed by atoms with van der Waals surface area (Å²) in [6.07, 6.45) is 2.89. The first-order valence-electron chi connectivity index (χ1n) is 8.59. The van der Waals surface area contributed by atoms with Crippen molar-refractivity contribution in [3.8, 4) is 0 Å². The van der Waals surface area contributed by atoms with Gasteiger partial charge in [0.15, 0.2) is 17.8 Å². The topological polar surface area (TPSA) is 64.4 Å². The van der Waals surface area contributed by atoms with Crippen molar-refractivity contribution in [2.75, 3.05) is 11.9 Å². The minimum atomic E-state index is -0.305. The number of ether oxygens (including phenoxy) is 1. The Morgan fingerprint density at radius 2 is 2.00 bits per heavy atom. The predicted molar refractivity (Wildman–Crippen MR) is 104 cm³/mol. The zero-order valence-electron chi connectivity index (χ0n) is 14.4. The van der Waals surface area contributed by atoms with Gasteiger partial charge in [0.25, 0.3) is 5.91 Å². The quantitative estimate of drug-likeness (QED) is 0.605. The summed E-state index contributed by atoms with van der Waals surface area (Å²) in [5, 5.41) is 3.57. The van der Waals surface area contributed by atoms with Crippen LogP contribution in [-0.4, -0.2) is 17.5 Å². The first-order chi connectivity index (χ1) is 13.2. The molecule has 5 nitrogen and oxygen atoms in total. The van der Waals surface area contributed by atoms with Gasteiger partial charge in [0.2, 0.25) is 0 Å². The molecule has 1 amide bonds. The summed E-state index contributed by atoms with van der Waals surface area (Å²) in [7, 11) is 0. The van der Waals surface area contributed by atoms with Crippen molar-refractivity contribution in [1.82, 2.24) is 4.98 Å². The average molecular weight is 401 g/mol. The van der Waals surface area contributed by atoms with Crippen LogP contribution in [0.3, 0.4) is 0 Å². The fraction of sp³-hybridized carbons (Fsp3) is 0.200. The van der Waals surface area contributed by atoms with Gasteiger partial charge in [-0.3, -0.25) is 4.79 Å². The van der Waals surface area contributed by atoms with Crippen molar-refractivity contribution in [2.45, 2.75) is 28.7 Å². The van der Waals surface area contributed by atoms with Crippen molar-refractivity contribution in [3.05, 3.63) is 71.4 Å². The van der Waals surface area contributed by atoms with Gasteiger partial charge in [-0.2, -0.15) is 0 Å². The first-order valence-corrected chi connectivity index (χ1v) is 9.79. The molecule has 0 aliphatic carbocycles. The number of aromatic nitrogens is 1. The van der Waals surface area contributed by atoms with Gasteiger partial charge in [-0.15, -0.1) is 0 Å². The molecule has 1 N–H and O–H groups in total. The van der Waals surface area contributed by atoms with Crippen molar-refractivity contribution in [2.24, 2.45) is 0 Å². The van der Waals surface area contributed by atoms with Gasteiger partial charge < -0.3 is 14.5 Å². The number of anilines is 1. The lowest BCUT2D eigenvalue weighted by Gasteiger charge is -2.09. The molecule has 7 heteroatoms. The van der Waals surface area contributed by atoms with Crippen LogP contribution >= 0.6 is 23.4 Å². The monoisotopic (exact) mass is 400 g/mol. The predicted octanol–water partition coefficient (Wildman–Crippen LogP) is 5.58. The van der Waals surface area contributed by atoms with Crippen molar-refractivity contribution in [3.63, 3.8) is 0 Å². The zero-order valence-corrected chi connectivity index (χ0v) is 15.9. The van der Waals surface area contributed by atoms with E-state index in [2.05, 4.69) is 10.3 Å². The Balaban J connectivity index is 1.44. The minimum Gasteiger partial charge on any atom is -0.445 e. The van der Waals surface area contributed by atoms with E-state index >= 15 is 0 Å². The van der Waals surface area contributed by atoms with Gasteiger partial charge in [0.05, 0.1) is 5.02 Å². The van der Waals surface area contributed by atoms with Gasteiger partial charge in [-0.05, 0) is 49.2 Å². The molecule has 1 aromatic heterocycles. The van der Waals surface area contributed by atoms with E-state index in [4.69, 9.17) is 20.8 Å². The summed E-state index contributed by atoms with van der Waals surface area (Å²) < 4.78 is 11.0. The van der Waals surface area contributed by atoms with E-state index in [9.17, 15) is 4.79 Å². The van der Waals surface area contributed by atoms with Crippen LogP contribution in [0.5, 0.6) is 0 Å². The van der Waals surface area contributed by atoms with Gasteiger partial charge in [-0.1, -0.05) is 35.5 Å². The largest absolute Gasteiger partial charge is 0.445 e. The number of hydrogen-bond acceptors (Lipinski definition) is 5. The SMILES string of the molecule is O=C(Nc1ccc(Sc2ccccc2Cl)cc1)c1ncoc1C1CCCO1. The summed E-state index contributed by atoms with van der Waals surface area (Å²) in [5.74, 6) is 0.191. The van der Waals surface area contributed by atoms with Gasteiger partial charge in [0.1, 0.15) is 6.10 Å². The van der Waals surface area contributed by atoms with Crippen LogP contribution in [0.2, 0.25) is 5.02 Å². The molecule has 4 rings (SSSR count). The number of nitrogens with zero attached hydrogens (tertiary/aromatic N) is 1. The maximum atomic E-state index is 12.6. The van der Waals surface area contributed by atoms with Crippen LogP contribution in [0.25, 0.3) is 0 Å².